The molecule has 18 heavy (non-hydrogen) atoms. The van der Waals surface area contributed by atoms with Crippen molar-refractivity contribution in [1.82, 2.24) is 4.37 Å². The van der Waals surface area contributed by atoms with Crippen molar-refractivity contribution in [2.45, 2.75) is 38.0 Å². The van der Waals surface area contributed by atoms with Gasteiger partial charge in [-0.15, -0.1) is 11.6 Å². The number of halogens is 1. The van der Waals surface area contributed by atoms with E-state index in [9.17, 15) is 0 Å². The van der Waals surface area contributed by atoms with Gasteiger partial charge >= 0.3 is 0 Å². The second kappa shape index (κ2) is 5.41. The molecule has 1 aliphatic rings. The highest BCUT2D eigenvalue weighted by atomic mass is 35.5. The summed E-state index contributed by atoms with van der Waals surface area (Å²) in [5.41, 5.74) is 3.62. The Hall–Kier alpha value is -0.860. The van der Waals surface area contributed by atoms with Crippen LogP contribution in [0.1, 0.15) is 42.8 Å². The zero-order valence-corrected chi connectivity index (χ0v) is 12.4. The second-order valence-corrected chi connectivity index (χ2v) is 5.87. The minimum absolute atomic E-state index is 0.0271. The molecular formula is C15H18ClNS. The molecule has 1 unspecified atom stereocenters. The molecule has 1 aliphatic carbocycles. The molecule has 1 nitrogen and oxygen atoms in total. The van der Waals surface area contributed by atoms with E-state index in [4.69, 9.17) is 11.6 Å². The molecule has 0 saturated heterocycles. The average molecular weight is 280 g/mol. The lowest BCUT2D eigenvalue weighted by Crippen LogP contribution is -2.22. The predicted molar refractivity (Wildman–Crippen MR) is 81.2 cm³/mol. The molecule has 0 aliphatic heterocycles. The van der Waals surface area contributed by atoms with Gasteiger partial charge in [-0.1, -0.05) is 50.3 Å². The summed E-state index contributed by atoms with van der Waals surface area (Å²) in [7, 11) is 0. The monoisotopic (exact) mass is 279 g/mol. The molecule has 0 saturated carbocycles. The van der Waals surface area contributed by atoms with E-state index in [-0.39, 0.29) is 5.41 Å². The summed E-state index contributed by atoms with van der Waals surface area (Å²) in [5, 5.41) is 0. The fraction of sp³-hybridized carbons (Fsp3) is 0.400. The van der Waals surface area contributed by atoms with Crippen LogP contribution in [0.5, 0.6) is 0 Å². The number of allylic oxidation sites excluding steroid dienone is 4. The molecule has 96 valence electrons. The Labute approximate surface area is 118 Å². The minimum Gasteiger partial charge on any atom is -0.196 e. The summed E-state index contributed by atoms with van der Waals surface area (Å²) in [6.07, 6.45) is 10.7. The highest BCUT2D eigenvalue weighted by molar-refractivity contribution is 7.07. The maximum Gasteiger partial charge on any atom is 0.0692 e. The normalized spacial score (nSPS) is 22.9. The molecular weight excluding hydrogens is 262 g/mol. The van der Waals surface area contributed by atoms with Gasteiger partial charge in [0.25, 0.3) is 0 Å². The van der Waals surface area contributed by atoms with Gasteiger partial charge in [0.2, 0.25) is 0 Å². The minimum atomic E-state index is -0.0271. The van der Waals surface area contributed by atoms with Crippen LogP contribution in [0.2, 0.25) is 0 Å². The first-order valence-corrected chi connectivity index (χ1v) is 7.51. The Balaban J connectivity index is 2.38. The highest BCUT2D eigenvalue weighted by Crippen LogP contribution is 2.38. The molecule has 3 heteroatoms. The van der Waals surface area contributed by atoms with E-state index in [1.54, 1.807) is 0 Å². The summed E-state index contributed by atoms with van der Waals surface area (Å²) in [4.78, 5) is 1.10. The Kier molecular flexibility index (Phi) is 4.08. The van der Waals surface area contributed by atoms with E-state index < -0.39 is 0 Å². The molecule has 0 bridgehead atoms. The number of hydrogen-bond acceptors (Lipinski definition) is 2. The van der Waals surface area contributed by atoms with Crippen LogP contribution in [0, 0.1) is 0 Å². The first-order valence-electron chi connectivity index (χ1n) is 6.20. The number of rotatable bonds is 4. The quantitative estimate of drug-likeness (QED) is 0.701. The van der Waals surface area contributed by atoms with Crippen LogP contribution in [0.15, 0.2) is 30.4 Å². The Morgan fingerprint density at radius 3 is 2.89 bits per heavy atom. The zero-order valence-electron chi connectivity index (χ0n) is 10.9. The lowest BCUT2D eigenvalue weighted by Gasteiger charge is -2.27. The van der Waals surface area contributed by atoms with Crippen molar-refractivity contribution < 1.29 is 0 Å². The van der Waals surface area contributed by atoms with Crippen molar-refractivity contribution in [2.24, 2.45) is 0 Å². The van der Waals surface area contributed by atoms with Gasteiger partial charge in [0.15, 0.2) is 0 Å². The Morgan fingerprint density at radius 2 is 2.39 bits per heavy atom. The fourth-order valence-electron chi connectivity index (χ4n) is 2.27. The molecule has 0 aromatic carbocycles. The number of aromatic nitrogens is 1. The molecule has 1 heterocycles. The fourth-order valence-corrected chi connectivity index (χ4v) is 3.48. The van der Waals surface area contributed by atoms with Gasteiger partial charge in [-0.25, -0.2) is 0 Å². The predicted octanol–water partition coefficient (Wildman–Crippen LogP) is 5.08. The van der Waals surface area contributed by atoms with Gasteiger partial charge in [-0.05, 0) is 24.4 Å². The summed E-state index contributed by atoms with van der Waals surface area (Å²) in [6, 6.07) is 0. The van der Waals surface area contributed by atoms with Gasteiger partial charge in [-0.2, -0.15) is 4.37 Å². The van der Waals surface area contributed by atoms with Crippen molar-refractivity contribution >= 4 is 29.2 Å². The molecule has 2 rings (SSSR count). The van der Waals surface area contributed by atoms with Gasteiger partial charge in [0.1, 0.15) is 0 Å². The van der Waals surface area contributed by atoms with Crippen molar-refractivity contribution in [3.8, 4) is 0 Å². The van der Waals surface area contributed by atoms with Gasteiger partial charge in [-0.3, -0.25) is 0 Å². The molecule has 0 radical (unpaired) electrons. The Bertz CT molecular complexity index is 513. The van der Waals surface area contributed by atoms with Crippen LogP contribution in [0.3, 0.4) is 0 Å². The van der Waals surface area contributed by atoms with E-state index in [2.05, 4.69) is 43.0 Å². The molecule has 1 aromatic rings. The maximum atomic E-state index is 6.07. The van der Waals surface area contributed by atoms with Gasteiger partial charge < -0.3 is 0 Å². The zero-order chi connectivity index (χ0) is 13.2. The third-order valence-electron chi connectivity index (χ3n) is 3.54. The summed E-state index contributed by atoms with van der Waals surface area (Å²) < 4.78 is 4.61. The third-order valence-corrected chi connectivity index (χ3v) is 4.69. The third kappa shape index (κ3) is 2.32. The van der Waals surface area contributed by atoms with Crippen LogP contribution < -0.4 is 0 Å². The standard InChI is InChI=1S/C15H18ClNS/c1-4-11-6-8-15(3,9-7-11)14-12(10-16)13(5-2)18-17-14/h5-8H,2,4,9-10H2,1,3H3. The van der Waals surface area contributed by atoms with E-state index in [0.29, 0.717) is 5.88 Å². The largest absolute Gasteiger partial charge is 0.196 e. The van der Waals surface area contributed by atoms with E-state index in [1.807, 2.05) is 6.08 Å². The van der Waals surface area contributed by atoms with Crippen LogP contribution >= 0.6 is 23.1 Å². The molecule has 1 atom stereocenters. The SMILES string of the molecule is C=Cc1snc(C2(C)C=CC(CC)=CC2)c1CCl. The van der Waals surface area contributed by atoms with E-state index in [0.717, 1.165) is 29.0 Å². The van der Waals surface area contributed by atoms with E-state index >= 15 is 0 Å². The van der Waals surface area contributed by atoms with E-state index in [1.165, 1.54) is 17.1 Å². The van der Waals surface area contributed by atoms with Crippen molar-refractivity contribution in [3.05, 3.63) is 46.5 Å². The van der Waals surface area contributed by atoms with Gasteiger partial charge in [0.05, 0.1) is 16.5 Å². The van der Waals surface area contributed by atoms with Crippen molar-refractivity contribution in [2.75, 3.05) is 0 Å². The number of alkyl halides is 1. The molecule has 0 amide bonds. The van der Waals surface area contributed by atoms with Crippen LogP contribution in [-0.4, -0.2) is 4.37 Å². The number of hydrogen-bond donors (Lipinski definition) is 0. The average Bonchev–Trinajstić information content (AvgIpc) is 2.83. The smallest absolute Gasteiger partial charge is 0.0692 e. The molecule has 0 N–H and O–H groups in total. The van der Waals surface area contributed by atoms with Gasteiger partial charge in [0, 0.05) is 11.0 Å². The second-order valence-electron chi connectivity index (χ2n) is 4.80. The summed E-state index contributed by atoms with van der Waals surface area (Å²) in [6.45, 7) is 8.24. The van der Waals surface area contributed by atoms with Crippen LogP contribution in [0.4, 0.5) is 0 Å². The highest BCUT2D eigenvalue weighted by Gasteiger charge is 2.30. The topological polar surface area (TPSA) is 12.9 Å². The molecule has 1 aromatic heterocycles. The summed E-state index contributed by atoms with van der Waals surface area (Å²) >= 11 is 7.57. The first kappa shape index (κ1) is 13.6. The molecule has 0 fully saturated rings. The van der Waals surface area contributed by atoms with Crippen molar-refractivity contribution in [3.63, 3.8) is 0 Å². The number of nitrogens with zero attached hydrogens (tertiary/aromatic N) is 1. The maximum absolute atomic E-state index is 6.07. The van der Waals surface area contributed by atoms with Crippen molar-refractivity contribution in [1.29, 1.82) is 0 Å². The molecule has 0 spiro atoms. The summed E-state index contributed by atoms with van der Waals surface area (Å²) in [5.74, 6) is 0.501. The Morgan fingerprint density at radius 1 is 1.61 bits per heavy atom. The lowest BCUT2D eigenvalue weighted by molar-refractivity contribution is 0.576. The van der Waals surface area contributed by atoms with Crippen LogP contribution in [0.25, 0.3) is 6.08 Å². The lowest BCUT2D eigenvalue weighted by atomic mass is 9.77. The first-order chi connectivity index (χ1) is 8.64. The van der Waals surface area contributed by atoms with Crippen LogP contribution in [-0.2, 0) is 11.3 Å².